The summed E-state index contributed by atoms with van der Waals surface area (Å²) < 4.78 is 27.0. The molecule has 1 atom stereocenters. The van der Waals surface area contributed by atoms with Crippen molar-refractivity contribution in [2.45, 2.75) is 18.9 Å². The number of hydrogen-bond acceptors (Lipinski definition) is 1. The molecule has 0 fully saturated rings. The first-order valence-corrected chi connectivity index (χ1v) is 5.81. The lowest BCUT2D eigenvalue weighted by atomic mass is 9.84. The summed E-state index contributed by atoms with van der Waals surface area (Å²) in [6.45, 7) is 1.73. The fourth-order valence-electron chi connectivity index (χ4n) is 2.09. The number of aliphatic hydroxyl groups is 1. The third-order valence-corrected chi connectivity index (χ3v) is 3.13. The highest BCUT2D eigenvalue weighted by atomic mass is 19.1. The summed E-state index contributed by atoms with van der Waals surface area (Å²) in [5.41, 5.74) is -0.985. The van der Waals surface area contributed by atoms with Crippen molar-refractivity contribution in [3.05, 3.63) is 71.3 Å². The van der Waals surface area contributed by atoms with Crippen LogP contribution in [0, 0.1) is 11.6 Å². The van der Waals surface area contributed by atoms with Crippen LogP contribution in [0.5, 0.6) is 0 Å². The fourth-order valence-corrected chi connectivity index (χ4v) is 2.09. The highest BCUT2D eigenvalue weighted by molar-refractivity contribution is 5.36. The summed E-state index contributed by atoms with van der Waals surface area (Å²) >= 11 is 0. The Hall–Kier alpha value is -1.74. The Labute approximate surface area is 105 Å². The molecule has 3 heteroatoms. The summed E-state index contributed by atoms with van der Waals surface area (Å²) in [5, 5.41) is 10.7. The second-order valence-electron chi connectivity index (χ2n) is 4.20. The summed E-state index contributed by atoms with van der Waals surface area (Å²) in [5.74, 6) is -0.943. The van der Waals surface area contributed by atoms with Crippen LogP contribution in [0.2, 0.25) is 0 Å². The molecule has 0 saturated carbocycles. The minimum atomic E-state index is -1.51. The molecule has 1 N–H and O–H groups in total. The SMILES string of the molecule is CCC(O)(c1cccc(F)c1)c1ccccc1F. The lowest BCUT2D eigenvalue weighted by molar-refractivity contribution is 0.0722. The van der Waals surface area contributed by atoms with Crippen molar-refractivity contribution < 1.29 is 13.9 Å². The molecule has 18 heavy (non-hydrogen) atoms. The molecule has 0 bridgehead atoms. The normalized spacial score (nSPS) is 14.2. The Morgan fingerprint density at radius 1 is 1.06 bits per heavy atom. The Morgan fingerprint density at radius 2 is 1.78 bits per heavy atom. The first kappa shape index (κ1) is 12.7. The van der Waals surface area contributed by atoms with E-state index in [-0.39, 0.29) is 12.0 Å². The Kier molecular flexibility index (Phi) is 3.43. The van der Waals surface area contributed by atoms with Crippen LogP contribution in [-0.2, 0) is 5.60 Å². The van der Waals surface area contributed by atoms with E-state index in [4.69, 9.17) is 0 Å². The van der Waals surface area contributed by atoms with Gasteiger partial charge in [-0.2, -0.15) is 0 Å². The van der Waals surface area contributed by atoms with E-state index in [2.05, 4.69) is 0 Å². The lowest BCUT2D eigenvalue weighted by Crippen LogP contribution is -2.27. The molecule has 2 rings (SSSR count). The monoisotopic (exact) mass is 248 g/mol. The molecule has 0 aliphatic carbocycles. The maximum absolute atomic E-state index is 13.8. The molecule has 1 nitrogen and oxygen atoms in total. The van der Waals surface area contributed by atoms with Crippen molar-refractivity contribution >= 4 is 0 Å². The van der Waals surface area contributed by atoms with Crippen LogP contribution in [-0.4, -0.2) is 5.11 Å². The Bertz CT molecular complexity index is 554. The zero-order valence-corrected chi connectivity index (χ0v) is 10.0. The molecule has 2 aromatic rings. The highest BCUT2D eigenvalue weighted by Gasteiger charge is 2.32. The molecule has 0 amide bonds. The van der Waals surface area contributed by atoms with E-state index < -0.39 is 17.2 Å². The fraction of sp³-hybridized carbons (Fsp3) is 0.200. The smallest absolute Gasteiger partial charge is 0.129 e. The number of benzene rings is 2. The van der Waals surface area contributed by atoms with E-state index in [0.29, 0.717) is 5.56 Å². The summed E-state index contributed by atoms with van der Waals surface area (Å²) in [4.78, 5) is 0. The van der Waals surface area contributed by atoms with Crippen molar-refractivity contribution in [2.75, 3.05) is 0 Å². The highest BCUT2D eigenvalue weighted by Crippen LogP contribution is 2.34. The van der Waals surface area contributed by atoms with Crippen molar-refractivity contribution in [3.8, 4) is 0 Å². The number of rotatable bonds is 3. The maximum atomic E-state index is 13.8. The molecule has 0 spiro atoms. The van der Waals surface area contributed by atoms with Gasteiger partial charge in [0.05, 0.1) is 0 Å². The van der Waals surface area contributed by atoms with Gasteiger partial charge in [-0.05, 0) is 30.2 Å². The van der Waals surface area contributed by atoms with Gasteiger partial charge in [0.15, 0.2) is 0 Å². The van der Waals surface area contributed by atoms with Crippen LogP contribution in [0.1, 0.15) is 24.5 Å². The molecular weight excluding hydrogens is 234 g/mol. The van der Waals surface area contributed by atoms with Crippen LogP contribution in [0.15, 0.2) is 48.5 Å². The predicted molar refractivity (Wildman–Crippen MR) is 66.1 cm³/mol. The van der Waals surface area contributed by atoms with Gasteiger partial charge in [-0.1, -0.05) is 37.3 Å². The lowest BCUT2D eigenvalue weighted by Gasteiger charge is -2.28. The number of hydrogen-bond donors (Lipinski definition) is 1. The van der Waals surface area contributed by atoms with Crippen molar-refractivity contribution in [1.82, 2.24) is 0 Å². The van der Waals surface area contributed by atoms with Crippen LogP contribution in [0.4, 0.5) is 8.78 Å². The van der Waals surface area contributed by atoms with Crippen LogP contribution in [0.25, 0.3) is 0 Å². The van der Waals surface area contributed by atoms with Gasteiger partial charge in [-0.15, -0.1) is 0 Å². The Balaban J connectivity index is 2.59. The summed E-state index contributed by atoms with van der Waals surface area (Å²) in [6, 6.07) is 11.6. The van der Waals surface area contributed by atoms with Gasteiger partial charge in [0.25, 0.3) is 0 Å². The quantitative estimate of drug-likeness (QED) is 0.879. The van der Waals surface area contributed by atoms with Crippen molar-refractivity contribution in [1.29, 1.82) is 0 Å². The second-order valence-corrected chi connectivity index (χ2v) is 4.20. The largest absolute Gasteiger partial charge is 0.380 e. The molecule has 1 unspecified atom stereocenters. The first-order valence-electron chi connectivity index (χ1n) is 5.81. The van der Waals surface area contributed by atoms with Crippen LogP contribution >= 0.6 is 0 Å². The van der Waals surface area contributed by atoms with Gasteiger partial charge in [-0.25, -0.2) is 8.78 Å². The van der Waals surface area contributed by atoms with E-state index in [1.165, 1.54) is 30.3 Å². The van der Waals surface area contributed by atoms with E-state index in [1.807, 2.05) is 0 Å². The second kappa shape index (κ2) is 4.86. The van der Waals surface area contributed by atoms with E-state index >= 15 is 0 Å². The molecule has 0 aromatic heterocycles. The van der Waals surface area contributed by atoms with E-state index in [9.17, 15) is 13.9 Å². The van der Waals surface area contributed by atoms with Gasteiger partial charge in [-0.3, -0.25) is 0 Å². The van der Waals surface area contributed by atoms with Gasteiger partial charge in [0.2, 0.25) is 0 Å². The zero-order chi connectivity index (χ0) is 13.2. The summed E-state index contributed by atoms with van der Waals surface area (Å²) in [7, 11) is 0. The molecule has 0 saturated heterocycles. The van der Waals surface area contributed by atoms with Crippen molar-refractivity contribution in [2.24, 2.45) is 0 Å². The molecule has 0 radical (unpaired) electrons. The minimum absolute atomic E-state index is 0.165. The third kappa shape index (κ3) is 2.14. The van der Waals surface area contributed by atoms with Gasteiger partial charge in [0.1, 0.15) is 17.2 Å². The van der Waals surface area contributed by atoms with Crippen molar-refractivity contribution in [3.63, 3.8) is 0 Å². The minimum Gasteiger partial charge on any atom is -0.380 e. The van der Waals surface area contributed by atoms with Crippen LogP contribution in [0.3, 0.4) is 0 Å². The predicted octanol–water partition coefficient (Wildman–Crippen LogP) is 3.61. The molecule has 0 aliphatic heterocycles. The average molecular weight is 248 g/mol. The summed E-state index contributed by atoms with van der Waals surface area (Å²) in [6.07, 6.45) is 0.261. The number of halogens is 2. The molecule has 0 heterocycles. The first-order chi connectivity index (χ1) is 8.58. The van der Waals surface area contributed by atoms with Gasteiger partial charge in [0, 0.05) is 5.56 Å². The Morgan fingerprint density at radius 3 is 2.39 bits per heavy atom. The third-order valence-electron chi connectivity index (χ3n) is 3.13. The van der Waals surface area contributed by atoms with Gasteiger partial charge < -0.3 is 5.11 Å². The molecule has 0 aliphatic rings. The van der Waals surface area contributed by atoms with Gasteiger partial charge >= 0.3 is 0 Å². The van der Waals surface area contributed by atoms with Crippen LogP contribution < -0.4 is 0 Å². The maximum Gasteiger partial charge on any atom is 0.129 e. The topological polar surface area (TPSA) is 20.2 Å². The molecule has 94 valence electrons. The average Bonchev–Trinajstić information content (AvgIpc) is 2.38. The molecular formula is C15H14F2O. The van der Waals surface area contributed by atoms with E-state index in [0.717, 1.165) is 0 Å². The molecule has 2 aromatic carbocycles. The standard InChI is InChI=1S/C15H14F2O/c1-2-15(18,11-6-5-7-12(16)10-11)13-8-3-4-9-14(13)17/h3-10,18H,2H2,1H3. The zero-order valence-electron chi connectivity index (χ0n) is 10.0. The van der Waals surface area contributed by atoms with E-state index in [1.54, 1.807) is 25.1 Å².